The number of alkyl halides is 3. The van der Waals surface area contributed by atoms with Crippen molar-refractivity contribution in [3.05, 3.63) is 72.1 Å². The number of aromatic amines is 1. The number of aromatic hydroxyl groups is 1. The van der Waals surface area contributed by atoms with Crippen LogP contribution in [0.5, 0.6) is 11.5 Å². The third-order valence-electron chi connectivity index (χ3n) is 4.98. The maximum atomic E-state index is 12.7. The fraction of sp³-hybridized carbons (Fsp3) is 0.0952. The minimum atomic E-state index is -4.91. The molecule has 4 aromatic rings. The summed E-state index contributed by atoms with van der Waals surface area (Å²) in [7, 11) is 0. The SMILES string of the molecule is Oc1ccc(C2Nc3ccccc3-c3ccnc4[nH]cc2c34)cc1OC(F)(F)F. The van der Waals surface area contributed by atoms with Gasteiger partial charge in [-0.2, -0.15) is 0 Å². The third-order valence-corrected chi connectivity index (χ3v) is 4.98. The van der Waals surface area contributed by atoms with Gasteiger partial charge in [-0.15, -0.1) is 13.2 Å². The summed E-state index contributed by atoms with van der Waals surface area (Å²) in [5.41, 5.74) is 4.81. The molecule has 29 heavy (non-hydrogen) atoms. The molecule has 1 atom stereocenters. The number of fused-ring (bicyclic) bond motifs is 2. The Hall–Kier alpha value is -3.68. The number of para-hydroxylation sites is 1. The van der Waals surface area contributed by atoms with Crippen LogP contribution in [0.15, 0.2) is 60.9 Å². The van der Waals surface area contributed by atoms with E-state index in [-0.39, 0.29) is 0 Å². The zero-order valence-electron chi connectivity index (χ0n) is 14.8. The molecular formula is C21H14F3N3O2. The summed E-state index contributed by atoms with van der Waals surface area (Å²) in [6.07, 6.45) is -1.40. The Labute approximate surface area is 162 Å². The van der Waals surface area contributed by atoms with Crippen LogP contribution in [-0.4, -0.2) is 21.4 Å². The van der Waals surface area contributed by atoms with Crippen LogP contribution in [-0.2, 0) is 0 Å². The molecule has 1 aliphatic rings. The molecule has 0 spiro atoms. The van der Waals surface area contributed by atoms with E-state index in [0.717, 1.165) is 27.8 Å². The van der Waals surface area contributed by atoms with Crippen molar-refractivity contribution in [2.75, 3.05) is 5.32 Å². The van der Waals surface area contributed by atoms with Gasteiger partial charge in [-0.25, -0.2) is 4.98 Å². The second-order valence-electron chi connectivity index (χ2n) is 6.72. The number of hydrogen-bond acceptors (Lipinski definition) is 4. The summed E-state index contributed by atoms with van der Waals surface area (Å²) in [6, 6.07) is 13.1. The highest BCUT2D eigenvalue weighted by molar-refractivity contribution is 6.01. The molecule has 0 bridgehead atoms. The van der Waals surface area contributed by atoms with Gasteiger partial charge in [0.05, 0.1) is 6.04 Å². The zero-order valence-corrected chi connectivity index (χ0v) is 14.8. The number of aromatic nitrogens is 2. The van der Waals surface area contributed by atoms with Gasteiger partial charge in [-0.3, -0.25) is 0 Å². The van der Waals surface area contributed by atoms with Crippen LogP contribution >= 0.6 is 0 Å². The van der Waals surface area contributed by atoms with Crippen LogP contribution in [0.4, 0.5) is 18.9 Å². The summed E-state index contributed by atoms with van der Waals surface area (Å²) in [5.74, 6) is -1.23. The maximum absolute atomic E-state index is 12.7. The van der Waals surface area contributed by atoms with Gasteiger partial charge in [0.15, 0.2) is 11.5 Å². The minimum absolute atomic E-state index is 0.480. The van der Waals surface area contributed by atoms with Gasteiger partial charge >= 0.3 is 6.36 Å². The van der Waals surface area contributed by atoms with Crippen LogP contribution in [0, 0.1) is 0 Å². The lowest BCUT2D eigenvalue weighted by atomic mass is 9.97. The number of ether oxygens (including phenoxy) is 1. The molecule has 0 radical (unpaired) electrons. The molecule has 3 heterocycles. The molecular weight excluding hydrogens is 383 g/mol. The van der Waals surface area contributed by atoms with E-state index in [1.165, 1.54) is 12.1 Å². The molecule has 1 aliphatic heterocycles. The number of nitrogens with zero attached hydrogens (tertiary/aromatic N) is 1. The van der Waals surface area contributed by atoms with Crippen LogP contribution in [0.25, 0.3) is 22.2 Å². The first-order valence-electron chi connectivity index (χ1n) is 8.81. The van der Waals surface area contributed by atoms with Crippen LogP contribution in [0.1, 0.15) is 17.2 Å². The summed E-state index contributed by atoms with van der Waals surface area (Å²) < 4.78 is 42.2. The first-order chi connectivity index (χ1) is 13.9. The average Bonchev–Trinajstić information content (AvgIpc) is 3.05. The van der Waals surface area contributed by atoms with Gasteiger partial charge < -0.3 is 20.1 Å². The number of phenols is 1. The lowest BCUT2D eigenvalue weighted by Gasteiger charge is -2.21. The predicted molar refractivity (Wildman–Crippen MR) is 102 cm³/mol. The predicted octanol–water partition coefficient (Wildman–Crippen LogP) is 5.35. The Kier molecular flexibility index (Phi) is 3.70. The van der Waals surface area contributed by atoms with E-state index in [1.54, 1.807) is 18.5 Å². The standard InChI is InChI=1S/C21H14F3N3O2/c22-21(23,24)29-17-9-11(5-6-16(17)28)19-14-10-26-20-18(14)13(7-8-25-20)12-3-1-2-4-15(12)27-19/h1-10,19,27-28H,(H,25,26). The number of rotatable bonds is 2. The summed E-state index contributed by atoms with van der Waals surface area (Å²) in [4.78, 5) is 7.50. The maximum Gasteiger partial charge on any atom is 0.573 e. The molecule has 0 fully saturated rings. The summed E-state index contributed by atoms with van der Waals surface area (Å²) in [5, 5.41) is 14.1. The number of hydrogen-bond donors (Lipinski definition) is 3. The Balaban J connectivity index is 1.72. The number of anilines is 1. The van der Waals surface area contributed by atoms with Crippen LogP contribution in [0.3, 0.4) is 0 Å². The lowest BCUT2D eigenvalue weighted by Crippen LogP contribution is -2.18. The van der Waals surface area contributed by atoms with Gasteiger partial charge in [0.2, 0.25) is 0 Å². The molecule has 5 rings (SSSR count). The quantitative estimate of drug-likeness (QED) is 0.427. The normalized spacial score (nSPS) is 15.5. The molecule has 1 unspecified atom stereocenters. The minimum Gasteiger partial charge on any atom is -0.504 e. The molecule has 8 heteroatoms. The van der Waals surface area contributed by atoms with Crippen molar-refractivity contribution in [3.8, 4) is 22.6 Å². The average molecular weight is 397 g/mol. The topological polar surface area (TPSA) is 70.2 Å². The van der Waals surface area contributed by atoms with Gasteiger partial charge in [0, 0.05) is 34.6 Å². The van der Waals surface area contributed by atoms with Crippen molar-refractivity contribution in [2.24, 2.45) is 0 Å². The van der Waals surface area contributed by atoms with E-state index in [4.69, 9.17) is 0 Å². The van der Waals surface area contributed by atoms with Crippen molar-refractivity contribution in [1.82, 2.24) is 9.97 Å². The van der Waals surface area contributed by atoms with E-state index in [9.17, 15) is 18.3 Å². The molecule has 5 nitrogen and oxygen atoms in total. The highest BCUT2D eigenvalue weighted by atomic mass is 19.4. The van der Waals surface area contributed by atoms with E-state index in [2.05, 4.69) is 20.0 Å². The van der Waals surface area contributed by atoms with E-state index in [0.29, 0.717) is 11.2 Å². The summed E-state index contributed by atoms with van der Waals surface area (Å²) >= 11 is 0. The molecule has 2 aromatic carbocycles. The molecule has 0 saturated heterocycles. The van der Waals surface area contributed by atoms with Crippen molar-refractivity contribution < 1.29 is 23.0 Å². The van der Waals surface area contributed by atoms with Gasteiger partial charge in [0.1, 0.15) is 5.65 Å². The Morgan fingerprint density at radius 2 is 1.86 bits per heavy atom. The Bertz CT molecular complexity index is 1230. The Morgan fingerprint density at radius 1 is 1.03 bits per heavy atom. The number of phenolic OH excluding ortho intramolecular Hbond substituents is 1. The van der Waals surface area contributed by atoms with Crippen LogP contribution in [0.2, 0.25) is 0 Å². The van der Waals surface area contributed by atoms with Crippen LogP contribution < -0.4 is 10.1 Å². The lowest BCUT2D eigenvalue weighted by molar-refractivity contribution is -0.275. The fourth-order valence-electron chi connectivity index (χ4n) is 3.79. The van der Waals surface area contributed by atoms with Crippen molar-refractivity contribution >= 4 is 16.7 Å². The van der Waals surface area contributed by atoms with Crippen molar-refractivity contribution in [2.45, 2.75) is 12.4 Å². The summed E-state index contributed by atoms with van der Waals surface area (Å²) in [6.45, 7) is 0. The second kappa shape index (κ2) is 6.16. The smallest absolute Gasteiger partial charge is 0.504 e. The monoisotopic (exact) mass is 397 g/mol. The largest absolute Gasteiger partial charge is 0.573 e. The number of benzene rings is 2. The van der Waals surface area contributed by atoms with Crippen molar-refractivity contribution in [1.29, 1.82) is 0 Å². The molecule has 3 N–H and O–H groups in total. The number of H-pyrrole nitrogens is 1. The first kappa shape index (κ1) is 17.4. The molecule has 0 aliphatic carbocycles. The van der Waals surface area contributed by atoms with E-state index >= 15 is 0 Å². The molecule has 146 valence electrons. The fourth-order valence-corrected chi connectivity index (χ4v) is 3.79. The molecule has 2 aromatic heterocycles. The number of halogens is 3. The molecule has 0 saturated carbocycles. The van der Waals surface area contributed by atoms with Gasteiger partial charge in [0.25, 0.3) is 0 Å². The van der Waals surface area contributed by atoms with E-state index < -0.39 is 23.9 Å². The highest BCUT2D eigenvalue weighted by Crippen LogP contribution is 2.44. The second-order valence-corrected chi connectivity index (χ2v) is 6.72. The Morgan fingerprint density at radius 3 is 2.69 bits per heavy atom. The van der Waals surface area contributed by atoms with Crippen molar-refractivity contribution in [3.63, 3.8) is 0 Å². The third kappa shape index (κ3) is 2.93. The zero-order chi connectivity index (χ0) is 20.2. The van der Waals surface area contributed by atoms with E-state index in [1.807, 2.05) is 30.3 Å². The van der Waals surface area contributed by atoms with Gasteiger partial charge in [-0.1, -0.05) is 24.3 Å². The highest BCUT2D eigenvalue weighted by Gasteiger charge is 2.33. The first-order valence-corrected chi connectivity index (χ1v) is 8.81. The molecule has 0 amide bonds. The number of pyridine rings is 1. The van der Waals surface area contributed by atoms with Gasteiger partial charge in [-0.05, 0) is 35.4 Å². The number of nitrogens with one attached hydrogen (secondary N) is 2.